The number of hydrogen-bond acceptors (Lipinski definition) is 4. The van der Waals surface area contributed by atoms with Gasteiger partial charge in [-0.1, -0.05) is 108 Å². The Morgan fingerprint density at radius 1 is 0.500 bits per heavy atom. The van der Waals surface area contributed by atoms with E-state index in [2.05, 4.69) is 72.8 Å². The highest BCUT2D eigenvalue weighted by Crippen LogP contribution is 2.66. The fourth-order valence-electron chi connectivity index (χ4n) is 2.10. The quantitative estimate of drug-likeness (QED) is 0.564. The van der Waals surface area contributed by atoms with Gasteiger partial charge in [0.25, 0.3) is 0 Å². The van der Waals surface area contributed by atoms with Gasteiger partial charge in [0.05, 0.1) is 16.9 Å². The summed E-state index contributed by atoms with van der Waals surface area (Å²) in [6.07, 6.45) is 4.55. The van der Waals surface area contributed by atoms with Crippen LogP contribution in [0.15, 0.2) is 77.6 Å². The van der Waals surface area contributed by atoms with Crippen molar-refractivity contribution in [3.8, 4) is 0 Å². The van der Waals surface area contributed by atoms with Crippen molar-refractivity contribution in [2.45, 2.75) is 0 Å². The van der Waals surface area contributed by atoms with Crippen LogP contribution in [0.25, 0.3) is 12.2 Å². The first-order valence-corrected chi connectivity index (χ1v) is 10.1. The molecule has 2 aromatic rings. The van der Waals surface area contributed by atoms with E-state index in [1.807, 2.05) is 47.0 Å². The largest absolute Gasteiger partial charge is 0.0735 e. The Morgan fingerprint density at radius 3 is 1.23 bits per heavy atom. The molecule has 0 N–H and O–H groups in total. The molecular weight excluding hydrogens is 344 g/mol. The van der Waals surface area contributed by atoms with Gasteiger partial charge in [0.1, 0.15) is 0 Å². The van der Waals surface area contributed by atoms with Gasteiger partial charge in [-0.25, -0.2) is 0 Å². The molecule has 0 aromatic heterocycles. The summed E-state index contributed by atoms with van der Waals surface area (Å²) in [4.78, 5) is 0. The van der Waals surface area contributed by atoms with Crippen molar-refractivity contribution in [2.75, 3.05) is 0 Å². The van der Waals surface area contributed by atoms with Crippen LogP contribution in [0, 0.1) is 0 Å². The lowest BCUT2D eigenvalue weighted by atomic mass is 10.2. The third-order valence-corrected chi connectivity index (χ3v) is 8.46. The van der Waals surface area contributed by atoms with Crippen LogP contribution < -0.4 is 0 Å². The smallest absolute Gasteiger partial charge is 0.0716 e. The SMILES string of the molecule is C(=C1SC2=C(S1)SC(=Cc1ccccc1)S2)c1ccccc1. The first kappa shape index (κ1) is 14.6. The summed E-state index contributed by atoms with van der Waals surface area (Å²) >= 11 is 7.58. The fourth-order valence-corrected chi connectivity index (χ4v) is 8.33. The average molecular weight is 357 g/mol. The minimum Gasteiger partial charge on any atom is -0.0735 e. The first-order valence-electron chi connectivity index (χ1n) is 6.86. The number of rotatable bonds is 2. The summed E-state index contributed by atoms with van der Waals surface area (Å²) in [5, 5.41) is 0. The van der Waals surface area contributed by atoms with Gasteiger partial charge in [0.2, 0.25) is 0 Å². The zero-order valence-corrected chi connectivity index (χ0v) is 14.8. The van der Waals surface area contributed by atoms with E-state index in [0.717, 1.165) is 0 Å². The summed E-state index contributed by atoms with van der Waals surface area (Å²) in [6.45, 7) is 0. The third-order valence-electron chi connectivity index (χ3n) is 3.11. The monoisotopic (exact) mass is 356 g/mol. The summed E-state index contributed by atoms with van der Waals surface area (Å²) in [7, 11) is 0. The molecule has 2 aromatic carbocycles. The molecule has 0 saturated heterocycles. The molecule has 0 saturated carbocycles. The highest BCUT2D eigenvalue weighted by Gasteiger charge is 2.29. The summed E-state index contributed by atoms with van der Waals surface area (Å²) < 4.78 is 5.60. The zero-order chi connectivity index (χ0) is 14.8. The summed E-state index contributed by atoms with van der Waals surface area (Å²) in [5.74, 6) is 0. The maximum Gasteiger partial charge on any atom is 0.0716 e. The number of benzene rings is 2. The van der Waals surface area contributed by atoms with E-state index in [9.17, 15) is 0 Å². The molecule has 4 rings (SSSR count). The molecule has 0 amide bonds. The molecule has 0 spiro atoms. The van der Waals surface area contributed by atoms with Gasteiger partial charge in [-0.2, -0.15) is 0 Å². The summed E-state index contributed by atoms with van der Waals surface area (Å²) in [5.41, 5.74) is 2.54. The van der Waals surface area contributed by atoms with Crippen LogP contribution in [-0.2, 0) is 0 Å². The zero-order valence-electron chi connectivity index (χ0n) is 11.6. The second kappa shape index (κ2) is 6.67. The van der Waals surface area contributed by atoms with E-state index in [0.29, 0.717) is 0 Å². The van der Waals surface area contributed by atoms with E-state index in [1.165, 1.54) is 28.1 Å². The molecule has 0 unspecified atom stereocenters. The summed E-state index contributed by atoms with van der Waals surface area (Å²) in [6, 6.07) is 21.1. The lowest BCUT2D eigenvalue weighted by molar-refractivity contribution is 1.66. The maximum atomic E-state index is 2.27. The lowest BCUT2D eigenvalue weighted by Crippen LogP contribution is -1.72. The minimum atomic E-state index is 1.27. The van der Waals surface area contributed by atoms with E-state index >= 15 is 0 Å². The predicted molar refractivity (Wildman–Crippen MR) is 106 cm³/mol. The van der Waals surface area contributed by atoms with Crippen LogP contribution in [-0.4, -0.2) is 0 Å². The number of hydrogen-bond donors (Lipinski definition) is 0. The Hall–Kier alpha value is -0.940. The van der Waals surface area contributed by atoms with Crippen LogP contribution >= 0.6 is 47.0 Å². The number of thioether (sulfide) groups is 4. The average Bonchev–Trinajstić information content (AvgIpc) is 3.07. The predicted octanol–water partition coefficient (Wildman–Crippen LogP) is 7.07. The van der Waals surface area contributed by atoms with E-state index in [4.69, 9.17) is 0 Å². The molecule has 22 heavy (non-hydrogen) atoms. The van der Waals surface area contributed by atoms with Crippen molar-refractivity contribution >= 4 is 59.2 Å². The topological polar surface area (TPSA) is 0 Å². The van der Waals surface area contributed by atoms with Crippen molar-refractivity contribution in [2.24, 2.45) is 0 Å². The molecule has 0 aliphatic carbocycles. The maximum absolute atomic E-state index is 2.27. The van der Waals surface area contributed by atoms with Crippen LogP contribution in [0.1, 0.15) is 11.1 Å². The Morgan fingerprint density at radius 2 is 0.864 bits per heavy atom. The van der Waals surface area contributed by atoms with Gasteiger partial charge in [0.15, 0.2) is 0 Å². The normalized spacial score (nSPS) is 16.9. The minimum absolute atomic E-state index is 1.27. The van der Waals surface area contributed by atoms with E-state index in [1.54, 1.807) is 0 Å². The fraction of sp³-hybridized carbons (Fsp3) is 0. The second-order valence-corrected chi connectivity index (χ2v) is 9.97. The molecule has 0 nitrogen and oxygen atoms in total. The molecule has 4 heteroatoms. The van der Waals surface area contributed by atoms with Crippen molar-refractivity contribution < 1.29 is 0 Å². The van der Waals surface area contributed by atoms with Gasteiger partial charge in [0, 0.05) is 0 Å². The van der Waals surface area contributed by atoms with Gasteiger partial charge in [-0.05, 0) is 23.3 Å². The second-order valence-electron chi connectivity index (χ2n) is 4.73. The van der Waals surface area contributed by atoms with Gasteiger partial charge in [-0.3, -0.25) is 0 Å². The molecule has 2 aliphatic rings. The van der Waals surface area contributed by atoms with Crippen LogP contribution in [0.2, 0.25) is 0 Å². The van der Waals surface area contributed by atoms with Crippen LogP contribution in [0.5, 0.6) is 0 Å². The molecular formula is C18H12S4. The van der Waals surface area contributed by atoms with Crippen molar-refractivity contribution in [1.82, 2.24) is 0 Å². The van der Waals surface area contributed by atoms with Crippen LogP contribution in [0.4, 0.5) is 0 Å². The van der Waals surface area contributed by atoms with Crippen molar-refractivity contribution in [1.29, 1.82) is 0 Å². The Balaban J connectivity index is 1.46. The molecule has 0 bridgehead atoms. The van der Waals surface area contributed by atoms with Crippen LogP contribution in [0.3, 0.4) is 0 Å². The van der Waals surface area contributed by atoms with Crippen molar-refractivity contribution in [3.05, 3.63) is 88.7 Å². The molecule has 0 radical (unpaired) electrons. The first-order chi connectivity index (χ1) is 10.9. The van der Waals surface area contributed by atoms with E-state index < -0.39 is 0 Å². The van der Waals surface area contributed by atoms with Gasteiger partial charge >= 0.3 is 0 Å². The molecule has 0 atom stereocenters. The van der Waals surface area contributed by atoms with Gasteiger partial charge < -0.3 is 0 Å². The molecule has 2 heterocycles. The Labute approximate surface area is 147 Å². The third kappa shape index (κ3) is 3.35. The van der Waals surface area contributed by atoms with Gasteiger partial charge in [-0.15, -0.1) is 0 Å². The van der Waals surface area contributed by atoms with Crippen molar-refractivity contribution in [3.63, 3.8) is 0 Å². The molecule has 2 aliphatic heterocycles. The standard InChI is InChI=1S/C18H12S4/c1-3-7-13(8-4-1)11-15-19-17-18(20-15)22-16(21-17)12-14-9-5-2-6-10-14/h1-12H. The molecule has 0 fully saturated rings. The highest BCUT2D eigenvalue weighted by molar-refractivity contribution is 8.48. The molecule has 108 valence electrons. The Kier molecular flexibility index (Phi) is 4.44. The Bertz CT molecular complexity index is 686. The highest BCUT2D eigenvalue weighted by atomic mass is 32.3. The van der Waals surface area contributed by atoms with E-state index in [-0.39, 0.29) is 0 Å². The lowest BCUT2D eigenvalue weighted by Gasteiger charge is -2.03.